The molecule has 14 heteroatoms. The number of anilines is 1. The minimum Gasteiger partial charge on any atom is -0.493 e. The average Bonchev–Trinajstić information content (AvgIpc) is 2.88. The smallest absolute Gasteiger partial charge is 0.417 e. The predicted octanol–water partition coefficient (Wildman–Crippen LogP) is 2.96. The van der Waals surface area contributed by atoms with E-state index in [1.54, 1.807) is 6.92 Å². The number of aromatic nitrogens is 1. The fourth-order valence-corrected chi connectivity index (χ4v) is 6.10. The van der Waals surface area contributed by atoms with Crippen molar-refractivity contribution in [2.24, 2.45) is 10.7 Å². The molecule has 182 valence electrons. The number of rotatable bonds is 2. The molecule has 0 saturated heterocycles. The largest absolute Gasteiger partial charge is 0.493 e. The van der Waals surface area contributed by atoms with E-state index in [2.05, 4.69) is 15.3 Å². The first-order valence-electron chi connectivity index (χ1n) is 9.89. The number of nitrogens with two attached hydrogens (primary N) is 1. The minimum atomic E-state index is -4.66. The summed E-state index contributed by atoms with van der Waals surface area (Å²) in [4.78, 5) is 20.7. The van der Waals surface area contributed by atoms with Gasteiger partial charge in [-0.1, -0.05) is 11.6 Å². The zero-order valence-electron chi connectivity index (χ0n) is 17.9. The number of nitrogens with one attached hydrogen (secondary N) is 1. The van der Waals surface area contributed by atoms with Gasteiger partial charge >= 0.3 is 6.18 Å². The molecule has 34 heavy (non-hydrogen) atoms. The van der Waals surface area contributed by atoms with E-state index in [0.29, 0.717) is 23.6 Å². The fraction of sp³-hybridized carbons (Fsp3) is 0.350. The van der Waals surface area contributed by atoms with E-state index >= 15 is 0 Å². The Labute approximate surface area is 197 Å². The molecule has 1 aromatic heterocycles. The van der Waals surface area contributed by atoms with E-state index in [-0.39, 0.29) is 24.7 Å². The van der Waals surface area contributed by atoms with Gasteiger partial charge in [-0.05, 0) is 31.2 Å². The number of guanidine groups is 1. The van der Waals surface area contributed by atoms with E-state index < -0.39 is 49.2 Å². The van der Waals surface area contributed by atoms with Gasteiger partial charge < -0.3 is 15.8 Å². The van der Waals surface area contributed by atoms with Crippen molar-refractivity contribution in [3.63, 3.8) is 0 Å². The van der Waals surface area contributed by atoms with Crippen LogP contribution in [-0.4, -0.2) is 48.5 Å². The molecule has 2 aromatic rings. The fourth-order valence-electron chi connectivity index (χ4n) is 4.01. The quantitative estimate of drug-likeness (QED) is 0.630. The second-order valence-electron chi connectivity index (χ2n) is 7.97. The standard InChI is InChI=1S/C20H19ClF3N5O4S/c1-19-12-8-11(27-17(30)16-13(21)7-10(9-26-16)20(22,23)24)3-4-14(12)33-6-5-15(19)34(31,32)29(2)18(25)28-19/h3-4,7-9,15H,5-6H2,1-2H3,(H2,25,28)(H,27,30)/t15?,19-/m1/s1. The average molecular weight is 518 g/mol. The molecule has 3 heterocycles. The molecule has 0 aliphatic carbocycles. The highest BCUT2D eigenvalue weighted by Gasteiger charge is 2.52. The predicted molar refractivity (Wildman–Crippen MR) is 118 cm³/mol. The molecule has 1 aromatic carbocycles. The molecule has 9 nitrogen and oxygen atoms in total. The van der Waals surface area contributed by atoms with Gasteiger partial charge in [-0.15, -0.1) is 0 Å². The van der Waals surface area contributed by atoms with Crippen LogP contribution in [0.3, 0.4) is 0 Å². The van der Waals surface area contributed by atoms with Crippen molar-refractivity contribution in [1.29, 1.82) is 0 Å². The summed E-state index contributed by atoms with van der Waals surface area (Å²) in [5, 5.41) is 1.07. The number of fused-ring (bicyclic) bond motifs is 3. The van der Waals surface area contributed by atoms with Crippen molar-refractivity contribution in [1.82, 2.24) is 9.29 Å². The summed E-state index contributed by atoms with van der Waals surface area (Å²) < 4.78 is 71.3. The monoisotopic (exact) mass is 517 g/mol. The number of alkyl halides is 3. The van der Waals surface area contributed by atoms with Gasteiger partial charge in [0.2, 0.25) is 16.0 Å². The first-order valence-corrected chi connectivity index (χ1v) is 11.8. The van der Waals surface area contributed by atoms with Crippen molar-refractivity contribution in [3.05, 3.63) is 52.3 Å². The molecule has 1 amide bonds. The Morgan fingerprint density at radius 1 is 1.35 bits per heavy atom. The maximum atomic E-state index is 13.0. The Kier molecular flexibility index (Phi) is 5.67. The first-order chi connectivity index (χ1) is 15.7. The summed E-state index contributed by atoms with van der Waals surface area (Å²) in [7, 11) is -2.53. The highest BCUT2D eigenvalue weighted by Crippen LogP contribution is 2.46. The molecule has 0 bridgehead atoms. The second kappa shape index (κ2) is 8.01. The highest BCUT2D eigenvalue weighted by atomic mass is 35.5. The van der Waals surface area contributed by atoms with Gasteiger partial charge in [-0.2, -0.15) is 13.2 Å². The van der Waals surface area contributed by atoms with E-state index in [1.165, 1.54) is 25.2 Å². The van der Waals surface area contributed by atoms with E-state index in [0.717, 1.165) is 4.31 Å². The third-order valence-electron chi connectivity index (χ3n) is 5.84. The molecule has 0 saturated carbocycles. The number of carbonyl (C=O) groups excluding carboxylic acids is 1. The van der Waals surface area contributed by atoms with Gasteiger partial charge in [0.05, 0.1) is 17.2 Å². The topological polar surface area (TPSA) is 127 Å². The maximum Gasteiger partial charge on any atom is 0.417 e. The molecule has 2 atom stereocenters. The van der Waals surface area contributed by atoms with Crippen molar-refractivity contribution in [3.8, 4) is 5.75 Å². The number of ether oxygens (including phenoxy) is 1. The van der Waals surface area contributed by atoms with Crippen LogP contribution in [0.1, 0.15) is 35.0 Å². The molecule has 0 spiro atoms. The SMILES string of the molecule is CN1C(N)=N[C@]2(C)c3cc(NC(=O)c4ncc(C(F)(F)F)cc4Cl)ccc3OCCC2S1(=O)=O. The van der Waals surface area contributed by atoms with Gasteiger partial charge in [0, 0.05) is 30.9 Å². The van der Waals surface area contributed by atoms with Crippen LogP contribution in [0.15, 0.2) is 35.5 Å². The third kappa shape index (κ3) is 3.92. The second-order valence-corrected chi connectivity index (χ2v) is 10.5. The number of hydrogen-bond acceptors (Lipinski definition) is 7. The molecule has 3 N–H and O–H groups in total. The lowest BCUT2D eigenvalue weighted by Gasteiger charge is -2.40. The molecular formula is C20H19ClF3N5O4S. The van der Waals surface area contributed by atoms with Crippen LogP contribution in [0.4, 0.5) is 18.9 Å². The summed E-state index contributed by atoms with van der Waals surface area (Å²) in [5.74, 6) is -0.680. The first kappa shape index (κ1) is 24.1. The lowest BCUT2D eigenvalue weighted by atomic mass is 9.87. The van der Waals surface area contributed by atoms with Crippen LogP contribution in [0, 0.1) is 0 Å². The van der Waals surface area contributed by atoms with Crippen LogP contribution in [-0.2, 0) is 21.7 Å². The number of hydrogen-bond donors (Lipinski definition) is 2. The number of benzene rings is 1. The van der Waals surface area contributed by atoms with Crippen molar-refractivity contribution in [2.45, 2.75) is 30.3 Å². The Hall–Kier alpha value is -3.06. The van der Waals surface area contributed by atoms with Gasteiger partial charge in [-0.25, -0.2) is 22.7 Å². The number of nitrogens with zero attached hydrogens (tertiary/aromatic N) is 3. The summed E-state index contributed by atoms with van der Waals surface area (Å²) >= 11 is 5.86. The van der Waals surface area contributed by atoms with E-state index in [4.69, 9.17) is 22.1 Å². The van der Waals surface area contributed by atoms with Crippen LogP contribution in [0.2, 0.25) is 5.02 Å². The zero-order chi connectivity index (χ0) is 25.1. The normalized spacial score (nSPS) is 23.6. The zero-order valence-corrected chi connectivity index (χ0v) is 19.4. The number of carbonyl (C=O) groups is 1. The van der Waals surface area contributed by atoms with Crippen LogP contribution < -0.4 is 15.8 Å². The van der Waals surface area contributed by atoms with Gasteiger partial charge in [0.25, 0.3) is 5.91 Å². The highest BCUT2D eigenvalue weighted by molar-refractivity contribution is 7.90. The summed E-state index contributed by atoms with van der Waals surface area (Å²) in [5.41, 5.74) is 3.66. The Bertz CT molecular complexity index is 1320. The van der Waals surface area contributed by atoms with Crippen molar-refractivity contribution < 1.29 is 31.1 Å². The molecule has 2 aliphatic heterocycles. The van der Waals surface area contributed by atoms with Crippen LogP contribution in [0.25, 0.3) is 0 Å². The number of halogens is 4. The van der Waals surface area contributed by atoms with E-state index in [9.17, 15) is 26.4 Å². The molecule has 1 unspecified atom stereocenters. The molecule has 2 aliphatic rings. The van der Waals surface area contributed by atoms with Crippen LogP contribution in [0.5, 0.6) is 5.75 Å². The van der Waals surface area contributed by atoms with Crippen molar-refractivity contribution in [2.75, 3.05) is 19.0 Å². The van der Waals surface area contributed by atoms with Gasteiger partial charge in [-0.3, -0.25) is 4.79 Å². The van der Waals surface area contributed by atoms with Gasteiger partial charge in [0.1, 0.15) is 22.2 Å². The summed E-state index contributed by atoms with van der Waals surface area (Å²) in [6.07, 6.45) is -4.00. The molecule has 0 radical (unpaired) electrons. The molecular weight excluding hydrogens is 499 g/mol. The van der Waals surface area contributed by atoms with Crippen LogP contribution >= 0.6 is 11.6 Å². The van der Waals surface area contributed by atoms with Gasteiger partial charge in [0.15, 0.2) is 0 Å². The summed E-state index contributed by atoms with van der Waals surface area (Å²) in [6.45, 7) is 1.73. The number of sulfonamides is 1. The Balaban J connectivity index is 1.72. The lowest BCUT2D eigenvalue weighted by molar-refractivity contribution is -0.137. The maximum absolute atomic E-state index is 13.0. The third-order valence-corrected chi connectivity index (χ3v) is 8.49. The summed E-state index contributed by atoms with van der Waals surface area (Å²) in [6, 6.07) is 5.13. The number of pyridine rings is 1. The molecule has 4 rings (SSSR count). The van der Waals surface area contributed by atoms with E-state index in [1.807, 2.05) is 0 Å². The lowest BCUT2D eigenvalue weighted by Crippen LogP contribution is -2.56. The number of aliphatic imine (C=N–C) groups is 1. The molecule has 0 fully saturated rings. The number of amides is 1. The van der Waals surface area contributed by atoms with Crippen molar-refractivity contribution >= 4 is 39.2 Å². The Morgan fingerprint density at radius 3 is 2.71 bits per heavy atom. The Morgan fingerprint density at radius 2 is 2.06 bits per heavy atom. The minimum absolute atomic E-state index is 0.118.